The predicted molar refractivity (Wildman–Crippen MR) is 339 cm³/mol. The Kier molecular flexibility index (Phi) is 56.4. The van der Waals surface area contributed by atoms with Gasteiger partial charge in [-0.2, -0.15) is 0 Å². The van der Waals surface area contributed by atoms with Crippen molar-refractivity contribution in [1.29, 1.82) is 0 Å². The summed E-state index contributed by atoms with van der Waals surface area (Å²) in [6, 6.07) is 3.30. The van der Waals surface area contributed by atoms with E-state index in [-0.39, 0.29) is 11.7 Å². The quantitative estimate of drug-likeness (QED) is 0.0622. The number of carboxylic acids is 1. The number of rotatable bonds is 58. The number of aromatic carboxylic acids is 1. The first-order valence-electron chi connectivity index (χ1n) is 34.9. The molecule has 9 nitrogen and oxygen atoms in total. The van der Waals surface area contributed by atoms with Crippen molar-refractivity contribution in [2.45, 2.75) is 349 Å². The van der Waals surface area contributed by atoms with Crippen LogP contribution in [0, 0.1) is 0 Å². The number of piperazine rings is 1. The second-order valence-electron chi connectivity index (χ2n) is 23.8. The Labute approximate surface area is 490 Å². The first-order valence-corrected chi connectivity index (χ1v) is 34.9. The number of ether oxygens (including phenoxy) is 4. The Morgan fingerprint density at radius 1 is 0.367 bits per heavy atom. The summed E-state index contributed by atoms with van der Waals surface area (Å²) >= 11 is 0. The Morgan fingerprint density at radius 2 is 0.620 bits per heavy atom. The van der Waals surface area contributed by atoms with Crippen LogP contribution in [0.25, 0.3) is 0 Å². The zero-order valence-electron chi connectivity index (χ0n) is 53.0. The lowest BCUT2D eigenvalue weighted by Gasteiger charge is -2.26. The third kappa shape index (κ3) is 48.6. The van der Waals surface area contributed by atoms with Crippen LogP contribution < -0.4 is 19.5 Å². The predicted octanol–water partition coefficient (Wildman–Crippen LogP) is 22.1. The molecule has 1 aliphatic rings. The van der Waals surface area contributed by atoms with Crippen molar-refractivity contribution >= 4 is 12.1 Å². The van der Waals surface area contributed by atoms with Gasteiger partial charge in [-0.3, -0.25) is 0 Å². The molecule has 464 valence electrons. The number of amides is 1. The molecule has 79 heavy (non-hydrogen) atoms. The van der Waals surface area contributed by atoms with Crippen LogP contribution in [0.5, 0.6) is 17.2 Å². The van der Waals surface area contributed by atoms with Crippen molar-refractivity contribution in [1.82, 2.24) is 10.2 Å². The second kappa shape index (κ2) is 59.9. The maximum Gasteiger partial charge on any atom is 0.409 e. The Hall–Kier alpha value is -2.68. The zero-order chi connectivity index (χ0) is 57.0. The minimum Gasteiger partial charge on any atom is -0.490 e. The number of hydrogen-bond donors (Lipinski definition) is 2. The third-order valence-electron chi connectivity index (χ3n) is 16.1. The molecule has 1 amide bonds. The average molecular weight is 1110 g/mol. The van der Waals surface area contributed by atoms with Gasteiger partial charge in [-0.05, 0) is 37.8 Å². The van der Waals surface area contributed by atoms with Crippen LogP contribution in [-0.2, 0) is 4.74 Å². The minimum absolute atomic E-state index is 0.157. The van der Waals surface area contributed by atoms with Gasteiger partial charge in [0.1, 0.15) is 0 Å². The van der Waals surface area contributed by atoms with E-state index >= 15 is 0 Å². The molecule has 0 aliphatic carbocycles. The van der Waals surface area contributed by atoms with E-state index < -0.39 is 5.97 Å². The topological polar surface area (TPSA) is 107 Å². The number of carbonyl (C=O) groups excluding carboxylic acids is 1. The molecule has 0 unspecified atom stereocenters. The number of nitrogens with one attached hydrogen (secondary N) is 1. The summed E-state index contributed by atoms with van der Waals surface area (Å²) in [5, 5.41) is 13.2. The minimum atomic E-state index is -0.959. The standard InChI is InChI=1S/C61H114O5.C9H18N2O2/c1-4-7-10-13-16-19-22-25-28-31-34-37-40-43-46-49-52-64-58-55-57(61(62)63)56-59(65-53-50-47-44-41-38-35-32-29-26-23-20-17-14-11-8-5-2)60(58)66-54-51-48-45-42-39-36-33-30-27-24-21-18-15-12-9-6-3;1-2-3-8-13-9(12)11-6-4-10-5-7-11/h55-56H,4-54H2,1-3H3,(H,62,63);10H,2-8H2,1H3. The van der Waals surface area contributed by atoms with Crippen molar-refractivity contribution in [2.24, 2.45) is 0 Å². The Balaban J connectivity index is 0.00000208. The molecule has 1 aromatic carbocycles. The number of hydrogen-bond acceptors (Lipinski definition) is 7. The molecule has 1 saturated heterocycles. The highest BCUT2D eigenvalue weighted by atomic mass is 16.6. The number of carboxylic acid groups (broad SMARTS) is 1. The molecule has 0 bridgehead atoms. The normalized spacial score (nSPS) is 12.4. The average Bonchev–Trinajstić information content (AvgIpc) is 3.46. The van der Waals surface area contributed by atoms with E-state index in [0.29, 0.717) is 43.7 Å². The van der Waals surface area contributed by atoms with Gasteiger partial charge in [0.25, 0.3) is 0 Å². The van der Waals surface area contributed by atoms with Crippen LogP contribution in [0.2, 0.25) is 0 Å². The van der Waals surface area contributed by atoms with E-state index in [0.717, 1.165) is 77.5 Å². The molecule has 2 N–H and O–H groups in total. The lowest BCUT2D eigenvalue weighted by atomic mass is 10.0. The maximum atomic E-state index is 12.3. The third-order valence-corrected chi connectivity index (χ3v) is 16.1. The highest BCUT2D eigenvalue weighted by molar-refractivity contribution is 5.89. The van der Waals surface area contributed by atoms with Gasteiger partial charge in [0.05, 0.1) is 32.0 Å². The summed E-state index contributed by atoms with van der Waals surface area (Å²) in [5.41, 5.74) is 0.203. The first kappa shape index (κ1) is 74.3. The fraction of sp³-hybridized carbons (Fsp3) is 0.886. The van der Waals surface area contributed by atoms with Gasteiger partial charge in [-0.1, -0.05) is 323 Å². The molecule has 1 fully saturated rings. The van der Waals surface area contributed by atoms with E-state index in [1.54, 1.807) is 17.0 Å². The van der Waals surface area contributed by atoms with E-state index in [1.807, 2.05) is 0 Å². The number of nitrogens with zero attached hydrogens (tertiary/aromatic N) is 1. The van der Waals surface area contributed by atoms with Gasteiger partial charge in [-0.25, -0.2) is 9.59 Å². The zero-order valence-corrected chi connectivity index (χ0v) is 53.0. The molecule has 0 aromatic heterocycles. The van der Waals surface area contributed by atoms with Crippen LogP contribution >= 0.6 is 0 Å². The van der Waals surface area contributed by atoms with Crippen molar-refractivity contribution < 1.29 is 33.6 Å². The summed E-state index contributed by atoms with van der Waals surface area (Å²) in [6.07, 6.45) is 66.0. The largest absolute Gasteiger partial charge is 0.490 e. The van der Waals surface area contributed by atoms with Crippen LogP contribution in [-0.4, -0.2) is 74.7 Å². The number of carbonyl (C=O) groups is 2. The maximum absolute atomic E-state index is 12.3. The highest BCUT2D eigenvalue weighted by Gasteiger charge is 2.19. The molecule has 1 aromatic rings. The molecule has 0 radical (unpaired) electrons. The van der Waals surface area contributed by atoms with Crippen molar-refractivity contribution in [3.05, 3.63) is 17.7 Å². The molecule has 0 atom stereocenters. The summed E-state index contributed by atoms with van der Waals surface area (Å²) in [4.78, 5) is 25.4. The van der Waals surface area contributed by atoms with Gasteiger partial charge in [0.2, 0.25) is 5.75 Å². The van der Waals surface area contributed by atoms with Crippen LogP contribution in [0.1, 0.15) is 359 Å². The van der Waals surface area contributed by atoms with E-state index in [9.17, 15) is 14.7 Å². The lowest BCUT2D eigenvalue weighted by molar-refractivity contribution is 0.0695. The van der Waals surface area contributed by atoms with Crippen molar-refractivity contribution in [3.63, 3.8) is 0 Å². The van der Waals surface area contributed by atoms with E-state index in [1.165, 1.54) is 270 Å². The fourth-order valence-electron chi connectivity index (χ4n) is 10.8. The molecular formula is C70H132N2O7. The highest BCUT2D eigenvalue weighted by Crippen LogP contribution is 2.40. The SMILES string of the molecule is CCCCCCCCCCCCCCCCCCOc1cc(C(=O)O)cc(OCCCCCCCCCCCCCCCCCC)c1OCCCCCCCCCCCCCCCCCC.CCCCOC(=O)N1CCNCC1. The lowest BCUT2D eigenvalue weighted by Crippen LogP contribution is -2.46. The second-order valence-corrected chi connectivity index (χ2v) is 23.8. The van der Waals surface area contributed by atoms with Crippen LogP contribution in [0.3, 0.4) is 0 Å². The molecule has 1 aliphatic heterocycles. The van der Waals surface area contributed by atoms with Gasteiger partial charge < -0.3 is 34.3 Å². The van der Waals surface area contributed by atoms with Gasteiger partial charge in [-0.15, -0.1) is 0 Å². The van der Waals surface area contributed by atoms with Gasteiger partial charge in [0, 0.05) is 26.2 Å². The number of unbranched alkanes of at least 4 members (excludes halogenated alkanes) is 46. The molecule has 9 heteroatoms. The molecule has 1 heterocycles. The Morgan fingerprint density at radius 3 is 0.886 bits per heavy atom. The fourth-order valence-corrected chi connectivity index (χ4v) is 10.8. The molecule has 2 rings (SSSR count). The summed E-state index contributed by atoms with van der Waals surface area (Å²) < 4.78 is 24.2. The van der Waals surface area contributed by atoms with Crippen molar-refractivity contribution in [2.75, 3.05) is 52.6 Å². The van der Waals surface area contributed by atoms with Crippen LogP contribution in [0.4, 0.5) is 4.79 Å². The Bertz CT molecular complexity index is 1380. The van der Waals surface area contributed by atoms with E-state index in [2.05, 4.69) is 33.0 Å². The van der Waals surface area contributed by atoms with Gasteiger partial charge in [0.15, 0.2) is 11.5 Å². The summed E-state index contributed by atoms with van der Waals surface area (Å²) in [6.45, 7) is 14.5. The summed E-state index contributed by atoms with van der Waals surface area (Å²) in [7, 11) is 0. The molecule has 0 spiro atoms. The smallest absolute Gasteiger partial charge is 0.409 e. The van der Waals surface area contributed by atoms with Crippen LogP contribution in [0.15, 0.2) is 12.1 Å². The monoisotopic (exact) mass is 1110 g/mol. The number of benzene rings is 1. The summed E-state index contributed by atoms with van der Waals surface area (Å²) in [5.74, 6) is 0.677. The van der Waals surface area contributed by atoms with Crippen molar-refractivity contribution in [3.8, 4) is 17.2 Å². The van der Waals surface area contributed by atoms with E-state index in [4.69, 9.17) is 18.9 Å². The first-order chi connectivity index (χ1) is 39.0. The molecular weight excluding hydrogens is 981 g/mol. The van der Waals surface area contributed by atoms with Gasteiger partial charge >= 0.3 is 12.1 Å². The molecule has 0 saturated carbocycles.